The number of piperidine rings is 1. The van der Waals surface area contributed by atoms with Crippen molar-refractivity contribution in [3.05, 3.63) is 17.5 Å². The van der Waals surface area contributed by atoms with Crippen LogP contribution in [0.1, 0.15) is 35.9 Å². The van der Waals surface area contributed by atoms with E-state index in [0.29, 0.717) is 22.1 Å². The highest BCUT2D eigenvalue weighted by Crippen LogP contribution is 2.26. The Morgan fingerprint density at radius 3 is 2.71 bits per heavy atom. The molecule has 0 saturated carbocycles. The second-order valence-corrected chi connectivity index (χ2v) is 6.05. The van der Waals surface area contributed by atoms with E-state index in [1.54, 1.807) is 6.92 Å². The fourth-order valence-corrected chi connectivity index (χ4v) is 2.76. The van der Waals surface area contributed by atoms with Crippen molar-refractivity contribution in [2.24, 2.45) is 5.92 Å². The number of hydrogen-bond donors (Lipinski definition) is 0. The number of halogens is 1. The molecule has 1 aliphatic rings. The number of carbonyl (C=O) groups excluding carboxylic acids is 1. The maximum absolute atomic E-state index is 12.2. The molecule has 94 valence electrons. The van der Waals surface area contributed by atoms with Crippen LogP contribution in [-0.4, -0.2) is 33.9 Å². The summed E-state index contributed by atoms with van der Waals surface area (Å²) in [7, 11) is 0. The first-order valence-corrected chi connectivity index (χ1v) is 6.85. The molecular formula is C12H17BrN2O2. The molecule has 1 aliphatic heterocycles. The molecule has 0 aromatic carbocycles. The first-order chi connectivity index (χ1) is 8.09. The Balaban J connectivity index is 1.98. The van der Waals surface area contributed by atoms with Crippen LogP contribution in [0.4, 0.5) is 0 Å². The Morgan fingerprint density at radius 1 is 1.59 bits per heavy atom. The third-order valence-electron chi connectivity index (χ3n) is 3.46. The summed E-state index contributed by atoms with van der Waals surface area (Å²) in [5.41, 5.74) is 0.593. The van der Waals surface area contributed by atoms with Crippen molar-refractivity contribution in [1.29, 1.82) is 0 Å². The Morgan fingerprint density at radius 2 is 2.24 bits per heavy atom. The zero-order valence-electron chi connectivity index (χ0n) is 10.1. The highest BCUT2D eigenvalue weighted by atomic mass is 79.9. The molecule has 1 aromatic rings. The van der Waals surface area contributed by atoms with Gasteiger partial charge in [0.15, 0.2) is 0 Å². The summed E-state index contributed by atoms with van der Waals surface area (Å²) in [6, 6.07) is 0. The molecule has 1 unspecified atom stereocenters. The van der Waals surface area contributed by atoms with Crippen LogP contribution in [0.2, 0.25) is 0 Å². The van der Waals surface area contributed by atoms with Gasteiger partial charge in [-0.15, -0.1) is 0 Å². The lowest BCUT2D eigenvalue weighted by Gasteiger charge is -2.33. The van der Waals surface area contributed by atoms with Gasteiger partial charge < -0.3 is 9.42 Å². The van der Waals surface area contributed by atoms with Crippen LogP contribution in [0.3, 0.4) is 0 Å². The molecule has 1 amide bonds. The summed E-state index contributed by atoms with van der Waals surface area (Å²) in [6.45, 7) is 5.59. The van der Waals surface area contributed by atoms with E-state index in [2.05, 4.69) is 28.0 Å². The summed E-state index contributed by atoms with van der Waals surface area (Å²) < 4.78 is 4.93. The van der Waals surface area contributed by atoms with Gasteiger partial charge in [-0.1, -0.05) is 28.0 Å². The fourth-order valence-electron chi connectivity index (χ4n) is 2.24. The van der Waals surface area contributed by atoms with Gasteiger partial charge in [0.05, 0.1) is 6.20 Å². The normalized spacial score (nSPS) is 19.4. The van der Waals surface area contributed by atoms with E-state index in [9.17, 15) is 4.79 Å². The number of aryl methyl sites for hydroxylation is 1. The van der Waals surface area contributed by atoms with Gasteiger partial charge in [0.1, 0.15) is 11.3 Å². The van der Waals surface area contributed by atoms with Crippen molar-refractivity contribution in [2.75, 3.05) is 13.1 Å². The van der Waals surface area contributed by atoms with Crippen LogP contribution in [-0.2, 0) is 0 Å². The van der Waals surface area contributed by atoms with Crippen molar-refractivity contribution in [3.8, 4) is 0 Å². The zero-order valence-corrected chi connectivity index (χ0v) is 11.7. The van der Waals surface area contributed by atoms with Crippen LogP contribution >= 0.6 is 15.9 Å². The maximum atomic E-state index is 12.2. The second kappa shape index (κ2) is 5.21. The predicted octanol–water partition coefficient (Wildman–Crippen LogP) is 2.62. The Bertz CT molecular complexity index is 395. The summed E-state index contributed by atoms with van der Waals surface area (Å²) in [5, 5.41) is 3.65. The molecule has 1 atom stereocenters. The number of aromatic nitrogens is 1. The van der Waals surface area contributed by atoms with E-state index in [-0.39, 0.29) is 5.91 Å². The number of hydrogen-bond acceptors (Lipinski definition) is 3. The van der Waals surface area contributed by atoms with E-state index in [1.807, 2.05) is 4.90 Å². The summed E-state index contributed by atoms with van der Waals surface area (Å²) >= 11 is 3.61. The van der Waals surface area contributed by atoms with Crippen molar-refractivity contribution < 1.29 is 9.32 Å². The third-order valence-corrected chi connectivity index (χ3v) is 4.21. The number of carbonyl (C=O) groups is 1. The van der Waals surface area contributed by atoms with Crippen LogP contribution in [0, 0.1) is 12.8 Å². The molecule has 17 heavy (non-hydrogen) atoms. The topological polar surface area (TPSA) is 46.3 Å². The first-order valence-electron chi connectivity index (χ1n) is 5.94. The Kier molecular flexibility index (Phi) is 3.86. The van der Waals surface area contributed by atoms with Crippen LogP contribution in [0.15, 0.2) is 10.7 Å². The minimum absolute atomic E-state index is 0.0458. The van der Waals surface area contributed by atoms with E-state index >= 15 is 0 Å². The summed E-state index contributed by atoms with van der Waals surface area (Å²) in [5.74, 6) is 1.32. The smallest absolute Gasteiger partial charge is 0.259 e. The molecule has 0 aliphatic carbocycles. The highest BCUT2D eigenvalue weighted by molar-refractivity contribution is 9.09. The number of nitrogens with zero attached hydrogens (tertiary/aromatic N) is 2. The quantitative estimate of drug-likeness (QED) is 0.789. The Labute approximate surface area is 109 Å². The monoisotopic (exact) mass is 300 g/mol. The van der Waals surface area contributed by atoms with Gasteiger partial charge in [-0.05, 0) is 25.7 Å². The molecule has 2 rings (SSSR count). The predicted molar refractivity (Wildman–Crippen MR) is 68.3 cm³/mol. The lowest BCUT2D eigenvalue weighted by Crippen LogP contribution is -2.40. The van der Waals surface area contributed by atoms with E-state index in [0.717, 1.165) is 25.9 Å². The molecule has 0 radical (unpaired) electrons. The molecule has 4 nitrogen and oxygen atoms in total. The average molecular weight is 301 g/mol. The minimum atomic E-state index is 0.0458. The van der Waals surface area contributed by atoms with Crippen molar-refractivity contribution in [3.63, 3.8) is 0 Å². The van der Waals surface area contributed by atoms with Gasteiger partial charge >= 0.3 is 0 Å². The summed E-state index contributed by atoms with van der Waals surface area (Å²) in [6.07, 6.45) is 3.63. The number of likely N-dealkylation sites (tertiary alicyclic amines) is 1. The molecule has 0 bridgehead atoms. The molecule has 1 fully saturated rings. The molecule has 2 heterocycles. The molecule has 5 heteroatoms. The lowest BCUT2D eigenvalue weighted by atomic mass is 9.94. The van der Waals surface area contributed by atoms with E-state index in [1.165, 1.54) is 6.20 Å². The van der Waals surface area contributed by atoms with Gasteiger partial charge in [-0.3, -0.25) is 4.79 Å². The van der Waals surface area contributed by atoms with Gasteiger partial charge in [-0.2, -0.15) is 0 Å². The summed E-state index contributed by atoms with van der Waals surface area (Å²) in [4.78, 5) is 14.6. The molecule has 1 aromatic heterocycles. The van der Waals surface area contributed by atoms with Crippen LogP contribution < -0.4 is 0 Å². The first kappa shape index (κ1) is 12.6. The van der Waals surface area contributed by atoms with Gasteiger partial charge in [0.25, 0.3) is 5.91 Å². The largest absolute Gasteiger partial charge is 0.361 e. The molecule has 0 N–H and O–H groups in total. The standard InChI is InChI=1S/C12H17BrN2O2/c1-8(13)10-3-5-15(6-4-10)12(16)11-7-14-17-9(11)2/h7-8,10H,3-6H2,1-2H3. The van der Waals surface area contributed by atoms with Crippen molar-refractivity contribution in [1.82, 2.24) is 10.1 Å². The minimum Gasteiger partial charge on any atom is -0.361 e. The number of rotatable bonds is 2. The SMILES string of the molecule is Cc1oncc1C(=O)N1CCC(C(C)Br)CC1. The van der Waals surface area contributed by atoms with Crippen molar-refractivity contribution in [2.45, 2.75) is 31.5 Å². The van der Waals surface area contributed by atoms with Crippen LogP contribution in [0.5, 0.6) is 0 Å². The van der Waals surface area contributed by atoms with Gasteiger partial charge in [0.2, 0.25) is 0 Å². The second-order valence-electron chi connectivity index (χ2n) is 4.60. The lowest BCUT2D eigenvalue weighted by molar-refractivity contribution is 0.0689. The fraction of sp³-hybridized carbons (Fsp3) is 0.667. The van der Waals surface area contributed by atoms with E-state index < -0.39 is 0 Å². The van der Waals surface area contributed by atoms with Gasteiger partial charge in [-0.25, -0.2) is 0 Å². The molecule has 0 spiro atoms. The molecule has 1 saturated heterocycles. The number of alkyl halides is 1. The maximum Gasteiger partial charge on any atom is 0.259 e. The highest BCUT2D eigenvalue weighted by Gasteiger charge is 2.27. The van der Waals surface area contributed by atoms with Gasteiger partial charge in [0, 0.05) is 17.9 Å². The average Bonchev–Trinajstić information content (AvgIpc) is 2.74. The van der Waals surface area contributed by atoms with E-state index in [4.69, 9.17) is 4.52 Å². The zero-order chi connectivity index (χ0) is 12.4. The van der Waals surface area contributed by atoms with Crippen molar-refractivity contribution >= 4 is 21.8 Å². The van der Waals surface area contributed by atoms with Crippen LogP contribution in [0.25, 0.3) is 0 Å². The Hall–Kier alpha value is -0.840. The third kappa shape index (κ3) is 2.70. The molecular weight excluding hydrogens is 284 g/mol. The number of amides is 1.